The summed E-state index contributed by atoms with van der Waals surface area (Å²) in [6, 6.07) is 2.74. The van der Waals surface area contributed by atoms with E-state index in [1.54, 1.807) is 0 Å². The number of hydrogen-bond donors (Lipinski definition) is 0. The molecule has 0 spiro atoms. The number of aromatic nitrogens is 2. The smallest absolute Gasteiger partial charge is 0.406 e. The molecule has 9 heteroatoms. The highest BCUT2D eigenvalue weighted by atomic mass is 35.5. The van der Waals surface area contributed by atoms with Crippen LogP contribution in [0.1, 0.15) is 48.3 Å². The van der Waals surface area contributed by atoms with Gasteiger partial charge in [0.25, 0.3) is 0 Å². The molecule has 1 aliphatic rings. The summed E-state index contributed by atoms with van der Waals surface area (Å²) in [4.78, 5) is 28.7. The van der Waals surface area contributed by atoms with Gasteiger partial charge in [0.2, 0.25) is 5.52 Å². The summed E-state index contributed by atoms with van der Waals surface area (Å²) in [6.07, 6.45) is 4.65. The Hall–Kier alpha value is -2.12. The van der Waals surface area contributed by atoms with Crippen molar-refractivity contribution in [3.8, 4) is 0 Å². The number of benzene rings is 1. The number of nitrogens with zero attached hydrogens (tertiary/aromatic N) is 2. The number of rotatable bonds is 4. The first kappa shape index (κ1) is 19.6. The van der Waals surface area contributed by atoms with Crippen molar-refractivity contribution in [2.24, 2.45) is 5.92 Å². The molecule has 1 heterocycles. The summed E-state index contributed by atoms with van der Waals surface area (Å²) in [5.41, 5.74) is -0.0466. The fourth-order valence-corrected chi connectivity index (χ4v) is 3.52. The zero-order valence-corrected chi connectivity index (χ0v) is 16.2. The predicted octanol–water partition coefficient (Wildman–Crippen LogP) is 3.59. The van der Waals surface area contributed by atoms with Gasteiger partial charge in [-0.2, -0.15) is 4.73 Å². The van der Waals surface area contributed by atoms with Gasteiger partial charge < -0.3 is 14.7 Å². The maximum absolute atomic E-state index is 12.7. The zero-order valence-electron chi connectivity index (χ0n) is 14.7. The highest BCUT2D eigenvalue weighted by molar-refractivity contribution is 6.42. The molecule has 0 radical (unpaired) electrons. The number of ether oxygens (including phenoxy) is 2. The number of carbonyl (C=O) groups is 2. The average molecular weight is 413 g/mol. The summed E-state index contributed by atoms with van der Waals surface area (Å²) in [5.74, 6) is -1.39. The van der Waals surface area contributed by atoms with E-state index in [9.17, 15) is 14.8 Å². The van der Waals surface area contributed by atoms with Crippen LogP contribution in [0, 0.1) is 11.1 Å². The number of hydrogen-bond acceptors (Lipinski definition) is 6. The number of carbonyl (C=O) groups excluding carboxylic acids is 2. The summed E-state index contributed by atoms with van der Waals surface area (Å²) in [7, 11) is 1.15. The molecule has 0 saturated heterocycles. The third-order valence-electron chi connectivity index (χ3n) is 4.64. The van der Waals surface area contributed by atoms with Gasteiger partial charge in [0.15, 0.2) is 5.69 Å². The number of fused-ring (bicyclic) bond motifs is 1. The number of methoxy groups -OCH3 is 1. The van der Waals surface area contributed by atoms with Gasteiger partial charge in [0.1, 0.15) is 12.1 Å². The maximum atomic E-state index is 12.7. The summed E-state index contributed by atoms with van der Waals surface area (Å²) < 4.78 is 10.4. The first-order chi connectivity index (χ1) is 12.9. The van der Waals surface area contributed by atoms with Crippen molar-refractivity contribution in [1.82, 2.24) is 4.98 Å². The fraction of sp³-hybridized carbons (Fsp3) is 0.444. The second-order valence-corrected chi connectivity index (χ2v) is 7.21. The Morgan fingerprint density at radius 2 is 1.89 bits per heavy atom. The van der Waals surface area contributed by atoms with Crippen LogP contribution in [0.2, 0.25) is 10.0 Å². The molecular formula is C18H18Cl2N2O5. The van der Waals surface area contributed by atoms with Gasteiger partial charge in [-0.15, -0.1) is 0 Å². The van der Waals surface area contributed by atoms with Crippen molar-refractivity contribution in [1.29, 1.82) is 0 Å². The summed E-state index contributed by atoms with van der Waals surface area (Å²) in [6.45, 7) is -0.307. The third-order valence-corrected chi connectivity index (χ3v) is 5.36. The molecule has 0 N–H and O–H groups in total. The molecule has 2 aromatic rings. The van der Waals surface area contributed by atoms with Crippen LogP contribution in [0.4, 0.5) is 0 Å². The Kier molecular flexibility index (Phi) is 6.01. The lowest BCUT2D eigenvalue weighted by atomic mass is 9.89. The van der Waals surface area contributed by atoms with Crippen molar-refractivity contribution in [3.63, 3.8) is 0 Å². The molecule has 7 nitrogen and oxygen atoms in total. The molecule has 1 aromatic carbocycles. The number of halogens is 2. The van der Waals surface area contributed by atoms with Gasteiger partial charge in [-0.05, 0) is 18.9 Å². The normalized spacial score (nSPS) is 14.9. The van der Waals surface area contributed by atoms with E-state index in [4.69, 9.17) is 27.9 Å². The van der Waals surface area contributed by atoms with Crippen LogP contribution in [0.5, 0.6) is 0 Å². The fourth-order valence-electron chi connectivity index (χ4n) is 3.21. The molecule has 0 aliphatic heterocycles. The van der Waals surface area contributed by atoms with Crippen molar-refractivity contribution in [2.75, 3.05) is 7.11 Å². The lowest BCUT2D eigenvalue weighted by molar-refractivity contribution is -0.581. The highest BCUT2D eigenvalue weighted by Crippen LogP contribution is 2.27. The third kappa shape index (κ3) is 4.09. The molecule has 27 heavy (non-hydrogen) atoms. The van der Waals surface area contributed by atoms with Gasteiger partial charge >= 0.3 is 17.6 Å². The molecule has 3 rings (SSSR count). The Bertz CT molecular complexity index is 897. The Morgan fingerprint density at radius 3 is 2.56 bits per heavy atom. The Morgan fingerprint density at radius 1 is 1.22 bits per heavy atom. The quantitative estimate of drug-likeness (QED) is 0.432. The second kappa shape index (κ2) is 8.27. The van der Waals surface area contributed by atoms with Crippen LogP contribution < -0.4 is 4.73 Å². The van der Waals surface area contributed by atoms with E-state index in [0.717, 1.165) is 39.2 Å². The van der Waals surface area contributed by atoms with Crippen LogP contribution in [0.15, 0.2) is 12.1 Å². The highest BCUT2D eigenvalue weighted by Gasteiger charge is 2.30. The molecule has 1 fully saturated rings. The molecular weight excluding hydrogens is 395 g/mol. The molecule has 0 atom stereocenters. The van der Waals surface area contributed by atoms with Crippen molar-refractivity contribution >= 4 is 46.2 Å². The van der Waals surface area contributed by atoms with E-state index >= 15 is 0 Å². The largest absolute Gasteiger partial charge is 0.618 e. The van der Waals surface area contributed by atoms with E-state index < -0.39 is 5.97 Å². The minimum Gasteiger partial charge on any atom is -0.618 e. The minimum absolute atomic E-state index is 0.00639. The van der Waals surface area contributed by atoms with Crippen molar-refractivity contribution in [2.45, 2.75) is 38.7 Å². The lowest BCUT2D eigenvalue weighted by Crippen LogP contribution is -2.38. The Balaban J connectivity index is 1.95. The van der Waals surface area contributed by atoms with Crippen LogP contribution >= 0.6 is 23.2 Å². The average Bonchev–Trinajstić information content (AvgIpc) is 2.68. The molecule has 0 bridgehead atoms. The van der Waals surface area contributed by atoms with Crippen LogP contribution in [-0.2, 0) is 20.9 Å². The van der Waals surface area contributed by atoms with E-state index in [1.807, 2.05) is 0 Å². The second-order valence-electron chi connectivity index (χ2n) is 6.39. The molecule has 1 saturated carbocycles. The van der Waals surface area contributed by atoms with Crippen molar-refractivity contribution in [3.05, 3.63) is 38.8 Å². The molecule has 0 unspecified atom stereocenters. The van der Waals surface area contributed by atoms with E-state index in [1.165, 1.54) is 12.1 Å². The molecule has 0 amide bonds. The van der Waals surface area contributed by atoms with Crippen molar-refractivity contribution < 1.29 is 23.8 Å². The first-order valence-electron chi connectivity index (χ1n) is 8.58. The maximum Gasteiger partial charge on any atom is 0.406 e. The lowest BCUT2D eigenvalue weighted by Gasteiger charge is -2.20. The molecule has 144 valence electrons. The van der Waals surface area contributed by atoms with Gasteiger partial charge in [0.05, 0.1) is 23.1 Å². The van der Waals surface area contributed by atoms with Gasteiger partial charge in [-0.25, -0.2) is 9.78 Å². The number of esters is 2. The van der Waals surface area contributed by atoms with Gasteiger partial charge in [-0.1, -0.05) is 42.5 Å². The van der Waals surface area contributed by atoms with Crippen LogP contribution in [-0.4, -0.2) is 24.0 Å². The SMILES string of the molecule is COC(=O)c1c(COC(=O)C2CCCCC2)nc2cc(Cl)c(Cl)cc2[n+]1[O-]. The molecule has 1 aromatic heterocycles. The predicted molar refractivity (Wildman–Crippen MR) is 98.4 cm³/mol. The zero-order chi connectivity index (χ0) is 19.6. The Labute approximate surface area is 165 Å². The molecule has 1 aliphatic carbocycles. The van der Waals surface area contributed by atoms with Gasteiger partial charge in [-0.3, -0.25) is 4.79 Å². The minimum atomic E-state index is -0.880. The first-order valence-corrected chi connectivity index (χ1v) is 9.34. The van der Waals surface area contributed by atoms with Gasteiger partial charge in [0, 0.05) is 6.07 Å². The van der Waals surface area contributed by atoms with Crippen LogP contribution in [0.3, 0.4) is 0 Å². The van der Waals surface area contributed by atoms with Crippen LogP contribution in [0.25, 0.3) is 11.0 Å². The van der Waals surface area contributed by atoms with E-state index in [2.05, 4.69) is 9.72 Å². The topological polar surface area (TPSA) is 92.4 Å². The summed E-state index contributed by atoms with van der Waals surface area (Å²) in [5, 5.41) is 13.1. The monoisotopic (exact) mass is 412 g/mol. The standard InChI is InChI=1S/C18H18Cl2N2O5/c1-26-18(24)16-14(9-27-17(23)10-5-3-2-4-6-10)21-13-7-11(19)12(20)8-15(13)22(16)25/h7-8,10H,2-6,9H2,1H3. The van der Waals surface area contributed by atoms with E-state index in [0.29, 0.717) is 4.73 Å². The van der Waals surface area contributed by atoms with E-state index in [-0.39, 0.29) is 51.0 Å². The summed E-state index contributed by atoms with van der Waals surface area (Å²) >= 11 is 11.9.